The lowest BCUT2D eigenvalue weighted by molar-refractivity contribution is 0.0958. The van der Waals surface area contributed by atoms with Crippen LogP contribution in [0.3, 0.4) is 0 Å². The number of nitrogens with zero attached hydrogens (tertiary/aromatic N) is 2. The number of ether oxygens (including phenoxy) is 2. The Morgan fingerprint density at radius 1 is 1.10 bits per heavy atom. The fraction of sp³-hybridized carbons (Fsp3) is 0.478. The zero-order valence-electron chi connectivity index (χ0n) is 17.7. The molecule has 0 N–H and O–H groups in total. The molecule has 1 fully saturated rings. The van der Waals surface area contributed by atoms with Crippen LogP contribution >= 0.6 is 0 Å². The van der Waals surface area contributed by atoms with Gasteiger partial charge in [0.1, 0.15) is 16.7 Å². The molecule has 2 aliphatic rings. The molecule has 0 radical (unpaired) electrons. The Hall–Kier alpha value is -1.93. The Balaban J connectivity index is 1.60. The Morgan fingerprint density at radius 2 is 1.90 bits per heavy atom. The molecule has 0 aliphatic carbocycles. The molecule has 30 heavy (non-hydrogen) atoms. The van der Waals surface area contributed by atoms with Crippen LogP contribution in [0.2, 0.25) is 0 Å². The fourth-order valence-electron chi connectivity index (χ4n) is 4.50. The van der Waals surface area contributed by atoms with E-state index in [1.807, 2.05) is 6.07 Å². The summed E-state index contributed by atoms with van der Waals surface area (Å²) in [6, 6.07) is 15.3. The number of fused-ring (bicyclic) bond motifs is 2. The van der Waals surface area contributed by atoms with Gasteiger partial charge >= 0.3 is 0 Å². The number of aryl methyl sites for hydroxylation is 1. The molecule has 0 spiro atoms. The third kappa shape index (κ3) is 4.39. The van der Waals surface area contributed by atoms with Gasteiger partial charge in [0.05, 0.1) is 12.6 Å². The largest absolute Gasteiger partial charge is 0.487 e. The maximum atomic E-state index is 13.5. The van der Waals surface area contributed by atoms with Crippen LogP contribution in [0.4, 0.5) is 0 Å². The van der Waals surface area contributed by atoms with Crippen molar-refractivity contribution in [3.8, 4) is 5.75 Å². The Bertz CT molecular complexity index is 979. The molecular formula is C23H30N2O4S. The van der Waals surface area contributed by atoms with E-state index in [4.69, 9.17) is 9.47 Å². The van der Waals surface area contributed by atoms with Gasteiger partial charge in [0, 0.05) is 33.3 Å². The smallest absolute Gasteiger partial charge is 0.247 e. The third-order valence-corrected chi connectivity index (χ3v) is 7.95. The van der Waals surface area contributed by atoms with Crippen molar-refractivity contribution >= 4 is 10.0 Å². The predicted octanol–water partition coefficient (Wildman–Crippen LogP) is 3.06. The van der Waals surface area contributed by atoms with Crippen molar-refractivity contribution in [1.29, 1.82) is 0 Å². The molecule has 1 saturated heterocycles. The van der Waals surface area contributed by atoms with Crippen LogP contribution in [0, 0.1) is 6.92 Å². The number of hydrogen-bond acceptors (Lipinski definition) is 5. The molecule has 0 unspecified atom stereocenters. The number of likely N-dealkylation sites (tertiary alicyclic amines) is 1. The lowest BCUT2D eigenvalue weighted by Crippen LogP contribution is -2.48. The Morgan fingerprint density at radius 3 is 2.70 bits per heavy atom. The van der Waals surface area contributed by atoms with Gasteiger partial charge in [-0.15, -0.1) is 0 Å². The van der Waals surface area contributed by atoms with Gasteiger partial charge in [-0.2, -0.15) is 4.31 Å². The number of para-hydroxylation sites is 1. The number of hydrogen-bond donors (Lipinski definition) is 0. The van der Waals surface area contributed by atoms with Crippen LogP contribution < -0.4 is 4.74 Å². The lowest BCUT2D eigenvalue weighted by Gasteiger charge is -2.31. The van der Waals surface area contributed by atoms with Gasteiger partial charge in [-0.1, -0.05) is 42.0 Å². The minimum absolute atomic E-state index is 0.178. The minimum Gasteiger partial charge on any atom is -0.487 e. The lowest BCUT2D eigenvalue weighted by atomic mass is 10.1. The Kier molecular flexibility index (Phi) is 6.43. The summed E-state index contributed by atoms with van der Waals surface area (Å²) in [5.74, 6) is 0.458. The van der Waals surface area contributed by atoms with E-state index >= 15 is 0 Å². The SMILES string of the molecule is COCCN1[C@@H]2CCN(Cc3cccc(C)c3)CC[C@H]2Oc2ccccc2S1(=O)=O. The highest BCUT2D eigenvalue weighted by Crippen LogP contribution is 2.36. The zero-order chi connectivity index (χ0) is 21.1. The van der Waals surface area contributed by atoms with Gasteiger partial charge in [0.2, 0.25) is 10.0 Å². The zero-order valence-corrected chi connectivity index (χ0v) is 18.5. The van der Waals surface area contributed by atoms with Crippen LogP contribution in [0.25, 0.3) is 0 Å². The molecule has 2 aromatic rings. The molecule has 4 rings (SSSR count). The summed E-state index contributed by atoms with van der Waals surface area (Å²) in [5.41, 5.74) is 2.54. The summed E-state index contributed by atoms with van der Waals surface area (Å²) in [5, 5.41) is 0. The quantitative estimate of drug-likeness (QED) is 0.730. The van der Waals surface area contributed by atoms with Crippen molar-refractivity contribution in [2.24, 2.45) is 0 Å². The topological polar surface area (TPSA) is 59.1 Å². The van der Waals surface area contributed by atoms with Crippen LogP contribution in [-0.4, -0.2) is 63.1 Å². The molecule has 0 aromatic heterocycles. The number of benzene rings is 2. The van der Waals surface area contributed by atoms with E-state index in [1.54, 1.807) is 29.6 Å². The Labute approximate surface area is 179 Å². The van der Waals surface area contributed by atoms with E-state index < -0.39 is 10.0 Å². The van der Waals surface area contributed by atoms with E-state index in [2.05, 4.69) is 36.1 Å². The first kappa shape index (κ1) is 21.3. The standard InChI is InChI=1S/C23H30N2O4S/c1-18-6-5-7-19(16-18)17-24-12-10-20-21(11-13-24)29-22-8-3-4-9-23(22)30(26,27)25(20)14-15-28-2/h3-9,16,20-21H,10-15,17H2,1-2H3/t20-,21-/m1/s1. The summed E-state index contributed by atoms with van der Waals surface area (Å²) in [7, 11) is -2.05. The highest BCUT2D eigenvalue weighted by molar-refractivity contribution is 7.89. The highest BCUT2D eigenvalue weighted by atomic mass is 32.2. The highest BCUT2D eigenvalue weighted by Gasteiger charge is 2.43. The summed E-state index contributed by atoms with van der Waals surface area (Å²) >= 11 is 0. The van der Waals surface area contributed by atoms with E-state index in [1.165, 1.54) is 11.1 Å². The number of rotatable bonds is 5. The molecule has 7 heteroatoms. The summed E-state index contributed by atoms with van der Waals surface area (Å²) in [6.07, 6.45) is 1.33. The molecular weight excluding hydrogens is 400 g/mol. The van der Waals surface area contributed by atoms with Crippen molar-refractivity contribution in [2.75, 3.05) is 33.4 Å². The average molecular weight is 431 g/mol. The molecule has 2 heterocycles. The molecule has 2 aromatic carbocycles. The second kappa shape index (κ2) is 9.06. The van der Waals surface area contributed by atoms with Crippen molar-refractivity contribution < 1.29 is 17.9 Å². The summed E-state index contributed by atoms with van der Waals surface area (Å²) in [4.78, 5) is 2.66. The number of methoxy groups -OCH3 is 1. The first-order valence-electron chi connectivity index (χ1n) is 10.5. The molecule has 0 amide bonds. The van der Waals surface area contributed by atoms with E-state index in [0.717, 1.165) is 32.5 Å². The van der Waals surface area contributed by atoms with Crippen molar-refractivity contribution in [2.45, 2.75) is 43.4 Å². The number of sulfonamides is 1. The van der Waals surface area contributed by atoms with Gasteiger partial charge in [0.15, 0.2) is 0 Å². The first-order valence-corrected chi connectivity index (χ1v) is 12.0. The second-order valence-corrected chi connectivity index (χ2v) is 9.98. The van der Waals surface area contributed by atoms with Crippen molar-refractivity contribution in [3.05, 3.63) is 59.7 Å². The van der Waals surface area contributed by atoms with Crippen LogP contribution in [-0.2, 0) is 21.3 Å². The average Bonchev–Trinajstić information content (AvgIpc) is 2.95. The van der Waals surface area contributed by atoms with Gasteiger partial charge in [-0.3, -0.25) is 4.90 Å². The third-order valence-electron chi connectivity index (χ3n) is 5.99. The van der Waals surface area contributed by atoms with Crippen LogP contribution in [0.15, 0.2) is 53.4 Å². The summed E-state index contributed by atoms with van der Waals surface area (Å²) < 4.78 is 40.1. The van der Waals surface area contributed by atoms with Gasteiger partial charge < -0.3 is 9.47 Å². The van der Waals surface area contributed by atoms with Gasteiger partial charge in [-0.25, -0.2) is 8.42 Å². The normalized spacial score (nSPS) is 24.2. The fourth-order valence-corrected chi connectivity index (χ4v) is 6.29. The predicted molar refractivity (Wildman–Crippen MR) is 116 cm³/mol. The summed E-state index contributed by atoms with van der Waals surface area (Å²) in [6.45, 7) is 5.35. The van der Waals surface area contributed by atoms with Crippen molar-refractivity contribution in [3.63, 3.8) is 0 Å². The molecule has 162 valence electrons. The molecule has 0 saturated carbocycles. The molecule has 0 bridgehead atoms. The molecule has 2 atom stereocenters. The monoisotopic (exact) mass is 430 g/mol. The first-order chi connectivity index (χ1) is 14.5. The molecule has 2 aliphatic heterocycles. The van der Waals surface area contributed by atoms with E-state index in [0.29, 0.717) is 18.9 Å². The van der Waals surface area contributed by atoms with Crippen LogP contribution in [0.1, 0.15) is 24.0 Å². The van der Waals surface area contributed by atoms with E-state index in [9.17, 15) is 8.42 Å². The maximum Gasteiger partial charge on any atom is 0.247 e. The molecule has 6 nitrogen and oxygen atoms in total. The van der Waals surface area contributed by atoms with Gasteiger partial charge in [0.25, 0.3) is 0 Å². The second-order valence-electron chi connectivity index (χ2n) is 8.12. The van der Waals surface area contributed by atoms with Crippen LogP contribution in [0.5, 0.6) is 5.75 Å². The maximum absolute atomic E-state index is 13.5. The van der Waals surface area contributed by atoms with Crippen molar-refractivity contribution in [1.82, 2.24) is 9.21 Å². The van der Waals surface area contributed by atoms with E-state index in [-0.39, 0.29) is 17.0 Å². The minimum atomic E-state index is -3.65. The van der Waals surface area contributed by atoms with Gasteiger partial charge in [-0.05, 0) is 37.5 Å².